The number of H-pyrrole nitrogens is 1. The molecule has 2 aromatic heterocycles. The number of amides is 1. The van der Waals surface area contributed by atoms with Gasteiger partial charge in [0.1, 0.15) is 0 Å². The summed E-state index contributed by atoms with van der Waals surface area (Å²) in [6.07, 6.45) is 4.18. The Morgan fingerprint density at radius 2 is 1.84 bits per heavy atom. The highest BCUT2D eigenvalue weighted by Crippen LogP contribution is 2.37. The number of benzene rings is 2. The molecule has 1 saturated heterocycles. The zero-order chi connectivity index (χ0) is 25.8. The molecule has 1 fully saturated rings. The van der Waals surface area contributed by atoms with Gasteiger partial charge in [0.05, 0.1) is 30.0 Å². The van der Waals surface area contributed by atoms with Crippen molar-refractivity contribution in [3.8, 4) is 11.1 Å². The lowest BCUT2D eigenvalue weighted by atomic mass is 9.88. The van der Waals surface area contributed by atoms with Crippen molar-refractivity contribution in [3.05, 3.63) is 82.2 Å². The first-order valence-electron chi connectivity index (χ1n) is 12.5. The second-order valence-corrected chi connectivity index (χ2v) is 12.5. The zero-order valence-corrected chi connectivity index (χ0v) is 22.2. The number of nitrogens with two attached hydrogens (primary N) is 1. The van der Waals surface area contributed by atoms with E-state index < -0.39 is 15.9 Å². The number of piperidine rings is 1. The van der Waals surface area contributed by atoms with E-state index in [1.54, 1.807) is 15.6 Å². The molecule has 1 amide bonds. The van der Waals surface area contributed by atoms with Gasteiger partial charge in [0.15, 0.2) is 0 Å². The lowest BCUT2D eigenvalue weighted by Gasteiger charge is -2.31. The number of thiophene rings is 1. The van der Waals surface area contributed by atoms with E-state index in [2.05, 4.69) is 17.1 Å². The molecule has 194 valence electrons. The fourth-order valence-electron chi connectivity index (χ4n) is 5.05. The summed E-state index contributed by atoms with van der Waals surface area (Å²) in [7, 11) is -3.37. The maximum absolute atomic E-state index is 12.9. The van der Waals surface area contributed by atoms with E-state index in [0.717, 1.165) is 34.0 Å². The summed E-state index contributed by atoms with van der Waals surface area (Å²) in [5.74, 6) is -0.291. The predicted octanol–water partition coefficient (Wildman–Crippen LogP) is 4.76. The van der Waals surface area contributed by atoms with Crippen LogP contribution in [0.5, 0.6) is 0 Å². The predicted molar refractivity (Wildman–Crippen MR) is 148 cm³/mol. The van der Waals surface area contributed by atoms with Gasteiger partial charge in [-0.2, -0.15) is 0 Å². The number of sulfonamides is 1. The van der Waals surface area contributed by atoms with Crippen LogP contribution in [0.15, 0.2) is 66.2 Å². The molecular formula is C28H31N3O4S2. The van der Waals surface area contributed by atoms with Crippen LogP contribution in [0.1, 0.15) is 39.6 Å². The van der Waals surface area contributed by atoms with E-state index in [-0.39, 0.29) is 18.3 Å². The second kappa shape index (κ2) is 11.2. The van der Waals surface area contributed by atoms with E-state index in [4.69, 9.17) is 10.5 Å². The standard InChI is InChI=1S/C28H31N3O4S2/c29-28(32)25-18-22(20-5-2-1-3-6-20)17-24-26(19-30-27(24)25)21-8-11-31(12-9-21)37(33,34)16-14-35-13-10-23-7-4-15-36-23/h1-7,15,17-19,21,30H,8-14,16H2,(H2,29,32). The Hall–Kier alpha value is -2.98. The van der Waals surface area contributed by atoms with Crippen molar-refractivity contribution in [1.82, 2.24) is 9.29 Å². The number of ether oxygens (including phenoxy) is 1. The van der Waals surface area contributed by atoms with Gasteiger partial charge in [0, 0.05) is 36.0 Å². The quantitative estimate of drug-likeness (QED) is 0.285. The van der Waals surface area contributed by atoms with E-state index in [9.17, 15) is 13.2 Å². The third kappa shape index (κ3) is 5.80. The minimum absolute atomic E-state index is 0.00238. The van der Waals surface area contributed by atoms with Crippen molar-refractivity contribution in [2.75, 3.05) is 32.1 Å². The summed E-state index contributed by atoms with van der Waals surface area (Å²) in [5.41, 5.74) is 9.96. The zero-order valence-electron chi connectivity index (χ0n) is 20.6. The van der Waals surface area contributed by atoms with Crippen molar-refractivity contribution < 1.29 is 17.9 Å². The number of aromatic nitrogens is 1. The molecule has 0 spiro atoms. The normalized spacial score (nSPS) is 15.4. The lowest BCUT2D eigenvalue weighted by molar-refractivity contribution is 0.100. The van der Waals surface area contributed by atoms with Gasteiger partial charge in [0.25, 0.3) is 5.91 Å². The SMILES string of the molecule is NC(=O)c1cc(-c2ccccc2)cc2c(C3CCN(S(=O)(=O)CCOCCc4cccs4)CC3)c[nH]c12. The fourth-order valence-corrected chi connectivity index (χ4v) is 7.09. The summed E-state index contributed by atoms with van der Waals surface area (Å²) in [4.78, 5) is 16.7. The molecule has 5 rings (SSSR count). The highest BCUT2D eigenvalue weighted by atomic mass is 32.2. The van der Waals surface area contributed by atoms with Crippen LogP contribution in [-0.4, -0.2) is 55.7 Å². The Balaban J connectivity index is 1.25. The van der Waals surface area contributed by atoms with E-state index in [1.807, 2.05) is 54.0 Å². The van der Waals surface area contributed by atoms with Crippen molar-refractivity contribution in [2.24, 2.45) is 5.73 Å². The van der Waals surface area contributed by atoms with Gasteiger partial charge < -0.3 is 15.5 Å². The molecular weight excluding hydrogens is 506 g/mol. The maximum Gasteiger partial charge on any atom is 0.250 e. The average Bonchev–Trinajstić information content (AvgIpc) is 3.58. The van der Waals surface area contributed by atoms with Crippen LogP contribution in [0.4, 0.5) is 0 Å². The number of rotatable bonds is 10. The summed E-state index contributed by atoms with van der Waals surface area (Å²) in [5, 5.41) is 2.99. The first kappa shape index (κ1) is 25.7. The molecule has 0 radical (unpaired) electrons. The van der Waals surface area contributed by atoms with Crippen molar-refractivity contribution in [3.63, 3.8) is 0 Å². The number of fused-ring (bicyclic) bond motifs is 1. The number of carbonyl (C=O) groups excluding carboxylic acids is 1. The fraction of sp³-hybridized carbons (Fsp3) is 0.321. The average molecular weight is 538 g/mol. The Morgan fingerprint density at radius 3 is 2.54 bits per heavy atom. The largest absolute Gasteiger partial charge is 0.380 e. The topological polar surface area (TPSA) is 105 Å². The summed E-state index contributed by atoms with van der Waals surface area (Å²) in [6.45, 7) is 1.66. The van der Waals surface area contributed by atoms with E-state index >= 15 is 0 Å². The van der Waals surface area contributed by atoms with Crippen LogP contribution in [0, 0.1) is 0 Å². The van der Waals surface area contributed by atoms with E-state index in [0.29, 0.717) is 38.1 Å². The van der Waals surface area contributed by atoms with Gasteiger partial charge in [0.2, 0.25) is 10.0 Å². The molecule has 9 heteroatoms. The molecule has 7 nitrogen and oxygen atoms in total. The van der Waals surface area contributed by atoms with Crippen LogP contribution in [0.3, 0.4) is 0 Å². The number of hydrogen-bond acceptors (Lipinski definition) is 5. The monoisotopic (exact) mass is 537 g/mol. The van der Waals surface area contributed by atoms with Crippen LogP contribution >= 0.6 is 11.3 Å². The minimum Gasteiger partial charge on any atom is -0.380 e. The molecule has 0 unspecified atom stereocenters. The Morgan fingerprint density at radius 1 is 1.05 bits per heavy atom. The molecule has 0 saturated carbocycles. The number of carbonyl (C=O) groups is 1. The molecule has 0 aliphatic carbocycles. The van der Waals surface area contributed by atoms with Gasteiger partial charge in [-0.1, -0.05) is 36.4 Å². The van der Waals surface area contributed by atoms with Crippen LogP contribution in [0.2, 0.25) is 0 Å². The summed E-state index contributed by atoms with van der Waals surface area (Å²) in [6, 6.07) is 17.9. The molecule has 0 bridgehead atoms. The van der Waals surface area contributed by atoms with Crippen LogP contribution in [-0.2, 0) is 21.2 Å². The lowest BCUT2D eigenvalue weighted by Crippen LogP contribution is -2.40. The number of nitrogens with one attached hydrogen (secondary N) is 1. The number of aromatic amines is 1. The number of nitrogens with zero attached hydrogens (tertiary/aromatic N) is 1. The molecule has 37 heavy (non-hydrogen) atoms. The highest BCUT2D eigenvalue weighted by Gasteiger charge is 2.30. The van der Waals surface area contributed by atoms with Gasteiger partial charge >= 0.3 is 0 Å². The Kier molecular flexibility index (Phi) is 7.76. The summed E-state index contributed by atoms with van der Waals surface area (Å²) < 4.78 is 33.0. The van der Waals surface area contributed by atoms with Gasteiger partial charge in [-0.3, -0.25) is 4.79 Å². The van der Waals surface area contributed by atoms with Crippen molar-refractivity contribution in [2.45, 2.75) is 25.2 Å². The minimum atomic E-state index is -3.37. The van der Waals surface area contributed by atoms with Crippen LogP contribution < -0.4 is 5.73 Å². The molecule has 4 aromatic rings. The molecule has 1 aliphatic rings. The van der Waals surface area contributed by atoms with E-state index in [1.165, 1.54) is 4.88 Å². The third-order valence-electron chi connectivity index (χ3n) is 7.04. The highest BCUT2D eigenvalue weighted by molar-refractivity contribution is 7.89. The molecule has 3 heterocycles. The summed E-state index contributed by atoms with van der Waals surface area (Å²) >= 11 is 1.68. The third-order valence-corrected chi connectivity index (χ3v) is 9.81. The van der Waals surface area contributed by atoms with Gasteiger partial charge in [-0.15, -0.1) is 11.3 Å². The smallest absolute Gasteiger partial charge is 0.250 e. The van der Waals surface area contributed by atoms with Crippen molar-refractivity contribution >= 4 is 38.2 Å². The number of primary amides is 1. The first-order valence-corrected chi connectivity index (χ1v) is 15.0. The molecule has 0 atom stereocenters. The Labute approximate surface area is 221 Å². The van der Waals surface area contributed by atoms with Crippen LogP contribution in [0.25, 0.3) is 22.0 Å². The van der Waals surface area contributed by atoms with Crippen molar-refractivity contribution in [1.29, 1.82) is 0 Å². The second-order valence-electron chi connectivity index (χ2n) is 9.35. The van der Waals surface area contributed by atoms with Gasteiger partial charge in [-0.05, 0) is 59.0 Å². The Bertz CT molecular complexity index is 1460. The maximum atomic E-state index is 12.9. The number of hydrogen-bond donors (Lipinski definition) is 2. The van der Waals surface area contributed by atoms with Gasteiger partial charge in [-0.25, -0.2) is 12.7 Å². The molecule has 3 N–H and O–H groups in total. The first-order chi connectivity index (χ1) is 17.9. The molecule has 1 aliphatic heterocycles. The molecule has 2 aromatic carbocycles.